The molecule has 32 heavy (non-hydrogen) atoms. The summed E-state index contributed by atoms with van der Waals surface area (Å²) in [4.78, 5) is 54.7. The van der Waals surface area contributed by atoms with Crippen LogP contribution >= 0.6 is 0 Å². The molecular weight excluding hydrogens is 416 g/mol. The second kappa shape index (κ2) is 9.33. The molecule has 1 aromatic rings. The molecule has 0 radical (unpaired) electrons. The van der Waals surface area contributed by atoms with Gasteiger partial charge < -0.3 is 19.4 Å². The molecule has 3 heterocycles. The molecule has 2 saturated heterocycles. The van der Waals surface area contributed by atoms with E-state index in [-0.39, 0.29) is 42.0 Å². The number of likely N-dealkylation sites (tertiary alicyclic amines) is 1. The number of nitrogens with zero attached hydrogens (tertiary/aromatic N) is 6. The largest absolute Gasteiger partial charge is 0.450 e. The fourth-order valence-electron chi connectivity index (χ4n) is 4.49. The van der Waals surface area contributed by atoms with Gasteiger partial charge in [0.2, 0.25) is 11.8 Å². The number of hydrogen-bond donors (Lipinski definition) is 0. The third kappa shape index (κ3) is 4.66. The van der Waals surface area contributed by atoms with Crippen LogP contribution in [0, 0.1) is 5.92 Å². The standard InChI is InChI=1S/C21H32N6O5/c1-3-32-21(31)26-12-10-24(11-13-26)17(28)14-27-20(30)23(2)18(22-27)15-6-8-25(9-7-15)19(29)16-4-5-16/h15-16H,3-14H2,1-2H3. The van der Waals surface area contributed by atoms with Gasteiger partial charge in [-0.15, -0.1) is 0 Å². The van der Waals surface area contributed by atoms with E-state index in [2.05, 4.69) is 5.10 Å². The maximum Gasteiger partial charge on any atom is 0.409 e. The van der Waals surface area contributed by atoms with Gasteiger partial charge in [-0.3, -0.25) is 14.2 Å². The van der Waals surface area contributed by atoms with Gasteiger partial charge in [0.05, 0.1) is 6.61 Å². The van der Waals surface area contributed by atoms with Crippen molar-refractivity contribution in [2.45, 2.75) is 45.1 Å². The van der Waals surface area contributed by atoms with Crippen molar-refractivity contribution >= 4 is 17.9 Å². The summed E-state index contributed by atoms with van der Waals surface area (Å²) >= 11 is 0. The van der Waals surface area contributed by atoms with Crippen LogP contribution in [-0.2, 0) is 27.9 Å². The smallest absolute Gasteiger partial charge is 0.409 e. The lowest BCUT2D eigenvalue weighted by Crippen LogP contribution is -2.51. The molecule has 1 saturated carbocycles. The van der Waals surface area contributed by atoms with Crippen molar-refractivity contribution in [1.29, 1.82) is 0 Å². The highest BCUT2D eigenvalue weighted by atomic mass is 16.6. The monoisotopic (exact) mass is 448 g/mol. The Morgan fingerprint density at radius 3 is 2.16 bits per heavy atom. The molecule has 4 rings (SSSR count). The van der Waals surface area contributed by atoms with Gasteiger partial charge in [-0.25, -0.2) is 14.3 Å². The second-order valence-electron chi connectivity index (χ2n) is 8.80. The van der Waals surface area contributed by atoms with Crippen molar-refractivity contribution in [2.75, 3.05) is 45.9 Å². The Kier molecular flexibility index (Phi) is 6.52. The highest BCUT2D eigenvalue weighted by Crippen LogP contribution is 2.33. The van der Waals surface area contributed by atoms with Crippen LogP contribution in [0.2, 0.25) is 0 Å². The van der Waals surface area contributed by atoms with Crippen molar-refractivity contribution in [1.82, 2.24) is 29.0 Å². The van der Waals surface area contributed by atoms with Gasteiger partial charge in [-0.2, -0.15) is 5.10 Å². The third-order valence-electron chi connectivity index (χ3n) is 6.62. The Labute approximate surface area is 186 Å². The topological polar surface area (TPSA) is 110 Å². The Morgan fingerprint density at radius 2 is 1.56 bits per heavy atom. The molecule has 3 amide bonds. The van der Waals surface area contributed by atoms with Crippen LogP contribution in [-0.4, -0.2) is 92.8 Å². The quantitative estimate of drug-likeness (QED) is 0.627. The summed E-state index contributed by atoms with van der Waals surface area (Å²) in [6, 6.07) is 0. The van der Waals surface area contributed by atoms with Gasteiger partial charge in [0, 0.05) is 58.2 Å². The molecule has 0 spiro atoms. The molecule has 0 atom stereocenters. The average Bonchev–Trinajstić information content (AvgIpc) is 3.62. The van der Waals surface area contributed by atoms with Gasteiger partial charge in [0.1, 0.15) is 12.4 Å². The number of amides is 3. The van der Waals surface area contributed by atoms with E-state index >= 15 is 0 Å². The van der Waals surface area contributed by atoms with Gasteiger partial charge >= 0.3 is 11.8 Å². The number of carbonyl (C=O) groups excluding carboxylic acids is 3. The lowest BCUT2D eigenvalue weighted by atomic mass is 9.95. The van der Waals surface area contributed by atoms with E-state index < -0.39 is 0 Å². The summed E-state index contributed by atoms with van der Waals surface area (Å²) in [5.41, 5.74) is -0.310. The summed E-state index contributed by atoms with van der Waals surface area (Å²) in [6.07, 6.45) is 3.18. The Morgan fingerprint density at radius 1 is 0.938 bits per heavy atom. The van der Waals surface area contributed by atoms with Crippen LogP contribution in [0.15, 0.2) is 4.79 Å². The second-order valence-corrected chi connectivity index (χ2v) is 8.80. The number of piperidine rings is 1. The molecule has 0 bridgehead atoms. The van der Waals surface area contributed by atoms with E-state index in [1.807, 2.05) is 4.90 Å². The lowest BCUT2D eigenvalue weighted by molar-refractivity contribution is -0.134. The minimum absolute atomic E-state index is 0.0976. The molecule has 11 heteroatoms. The number of ether oxygens (including phenoxy) is 1. The summed E-state index contributed by atoms with van der Waals surface area (Å²) in [5.74, 6) is 1.07. The van der Waals surface area contributed by atoms with E-state index in [0.717, 1.165) is 25.7 Å². The third-order valence-corrected chi connectivity index (χ3v) is 6.62. The first-order chi connectivity index (χ1) is 15.4. The predicted octanol–water partition coefficient (Wildman–Crippen LogP) is -0.00150. The first kappa shape index (κ1) is 22.3. The van der Waals surface area contributed by atoms with Gasteiger partial charge in [0.15, 0.2) is 0 Å². The number of hydrogen-bond acceptors (Lipinski definition) is 6. The first-order valence-electron chi connectivity index (χ1n) is 11.5. The fourth-order valence-corrected chi connectivity index (χ4v) is 4.49. The number of aromatic nitrogens is 3. The SMILES string of the molecule is CCOC(=O)N1CCN(C(=O)Cn2nc(C3CCN(C(=O)C4CC4)CC3)n(C)c2=O)CC1. The normalized spacial score (nSPS) is 19.9. The zero-order chi connectivity index (χ0) is 22.8. The minimum Gasteiger partial charge on any atom is -0.450 e. The van der Waals surface area contributed by atoms with E-state index in [1.54, 1.807) is 23.8 Å². The van der Waals surface area contributed by atoms with Crippen LogP contribution in [0.3, 0.4) is 0 Å². The molecule has 1 aliphatic carbocycles. The highest BCUT2D eigenvalue weighted by molar-refractivity contribution is 5.81. The number of carbonyl (C=O) groups is 3. The maximum absolute atomic E-state index is 12.7. The summed E-state index contributed by atoms with van der Waals surface area (Å²) < 4.78 is 7.76. The van der Waals surface area contributed by atoms with Gasteiger partial charge in [-0.05, 0) is 32.6 Å². The predicted molar refractivity (Wildman–Crippen MR) is 114 cm³/mol. The maximum atomic E-state index is 12.7. The van der Waals surface area contributed by atoms with Crippen molar-refractivity contribution in [2.24, 2.45) is 13.0 Å². The molecule has 0 N–H and O–H groups in total. The summed E-state index contributed by atoms with van der Waals surface area (Å²) in [5, 5.41) is 4.48. The molecule has 11 nitrogen and oxygen atoms in total. The minimum atomic E-state index is -0.366. The van der Waals surface area contributed by atoms with E-state index in [0.29, 0.717) is 51.7 Å². The number of piperazine rings is 1. The lowest BCUT2D eigenvalue weighted by Gasteiger charge is -2.34. The number of rotatable bonds is 5. The van der Waals surface area contributed by atoms with Crippen LogP contribution in [0.1, 0.15) is 44.3 Å². The van der Waals surface area contributed by atoms with Crippen molar-refractivity contribution in [3.8, 4) is 0 Å². The van der Waals surface area contributed by atoms with Crippen molar-refractivity contribution in [3.05, 3.63) is 16.3 Å². The molecular formula is C21H32N6O5. The zero-order valence-electron chi connectivity index (χ0n) is 18.9. The Balaban J connectivity index is 1.33. The zero-order valence-corrected chi connectivity index (χ0v) is 18.9. The van der Waals surface area contributed by atoms with Crippen LogP contribution in [0.4, 0.5) is 4.79 Å². The average molecular weight is 449 g/mol. The summed E-state index contributed by atoms with van der Waals surface area (Å²) in [6.45, 7) is 4.95. The van der Waals surface area contributed by atoms with E-state index in [4.69, 9.17) is 4.74 Å². The first-order valence-corrected chi connectivity index (χ1v) is 11.5. The van der Waals surface area contributed by atoms with Crippen LogP contribution < -0.4 is 5.69 Å². The molecule has 0 unspecified atom stereocenters. The Bertz CT molecular complexity index is 920. The van der Waals surface area contributed by atoms with Crippen LogP contribution in [0.25, 0.3) is 0 Å². The molecule has 3 fully saturated rings. The molecule has 3 aliphatic rings. The molecule has 1 aromatic heterocycles. The Hall–Kier alpha value is -2.85. The van der Waals surface area contributed by atoms with Crippen molar-refractivity contribution < 1.29 is 19.1 Å². The van der Waals surface area contributed by atoms with E-state index in [1.165, 1.54) is 9.25 Å². The molecule has 0 aromatic carbocycles. The van der Waals surface area contributed by atoms with Crippen molar-refractivity contribution in [3.63, 3.8) is 0 Å². The van der Waals surface area contributed by atoms with E-state index in [9.17, 15) is 19.2 Å². The molecule has 176 valence electrons. The van der Waals surface area contributed by atoms with Gasteiger partial charge in [-0.1, -0.05) is 0 Å². The summed E-state index contributed by atoms with van der Waals surface area (Å²) in [7, 11) is 1.69. The van der Waals surface area contributed by atoms with Crippen LogP contribution in [0.5, 0.6) is 0 Å². The fraction of sp³-hybridized carbons (Fsp3) is 0.762. The van der Waals surface area contributed by atoms with Gasteiger partial charge in [0.25, 0.3) is 0 Å². The molecule has 2 aliphatic heterocycles. The highest BCUT2D eigenvalue weighted by Gasteiger charge is 2.36.